The number of ether oxygens (including phenoxy) is 1. The Kier molecular flexibility index (Phi) is 6.89. The van der Waals surface area contributed by atoms with Gasteiger partial charge in [-0.2, -0.15) is 0 Å². The fraction of sp³-hybridized carbons (Fsp3) is 0.600. The van der Waals surface area contributed by atoms with Gasteiger partial charge in [0.2, 0.25) is 0 Å². The van der Waals surface area contributed by atoms with Crippen molar-refractivity contribution < 1.29 is 9.53 Å². The lowest BCUT2D eigenvalue weighted by atomic mass is 10.1. The van der Waals surface area contributed by atoms with E-state index in [1.54, 1.807) is 0 Å². The Bertz CT molecular complexity index is 591. The van der Waals surface area contributed by atoms with Crippen LogP contribution in [-0.4, -0.2) is 74.1 Å². The van der Waals surface area contributed by atoms with Crippen LogP contribution in [0.5, 0.6) is 0 Å². The molecule has 142 valence electrons. The van der Waals surface area contributed by atoms with E-state index in [1.807, 2.05) is 18.0 Å². The van der Waals surface area contributed by atoms with E-state index in [9.17, 15) is 4.79 Å². The van der Waals surface area contributed by atoms with E-state index in [0.29, 0.717) is 0 Å². The van der Waals surface area contributed by atoms with E-state index in [0.717, 1.165) is 71.0 Å². The molecule has 0 aromatic heterocycles. The maximum atomic E-state index is 12.4. The predicted molar refractivity (Wildman–Crippen MR) is 103 cm³/mol. The minimum Gasteiger partial charge on any atom is -0.368 e. The molecular formula is C20H30N4O2. The molecule has 0 spiro atoms. The number of aliphatic imine (C=N–C) groups is 1. The molecule has 2 aliphatic heterocycles. The van der Waals surface area contributed by atoms with Gasteiger partial charge < -0.3 is 19.9 Å². The molecule has 0 saturated carbocycles. The summed E-state index contributed by atoms with van der Waals surface area (Å²) in [5.74, 6) is 1.09. The molecule has 1 N–H and O–H groups in total. The van der Waals surface area contributed by atoms with Crippen LogP contribution in [0, 0.1) is 0 Å². The van der Waals surface area contributed by atoms with Crippen molar-refractivity contribution in [3.63, 3.8) is 0 Å². The number of amides is 1. The topological polar surface area (TPSA) is 57.2 Å². The van der Waals surface area contributed by atoms with Gasteiger partial charge in [0, 0.05) is 46.4 Å². The average molecular weight is 358 g/mol. The Morgan fingerprint density at radius 2 is 1.92 bits per heavy atom. The van der Waals surface area contributed by atoms with Gasteiger partial charge in [-0.15, -0.1) is 0 Å². The second-order valence-electron chi connectivity index (χ2n) is 6.88. The maximum absolute atomic E-state index is 12.4. The van der Waals surface area contributed by atoms with Gasteiger partial charge in [-0.25, -0.2) is 0 Å². The van der Waals surface area contributed by atoms with Gasteiger partial charge in [0.25, 0.3) is 5.91 Å². The van der Waals surface area contributed by atoms with Crippen LogP contribution in [0.25, 0.3) is 0 Å². The van der Waals surface area contributed by atoms with E-state index < -0.39 is 0 Å². The number of hydrogen-bond acceptors (Lipinski definition) is 3. The van der Waals surface area contributed by atoms with Crippen LogP contribution in [0.4, 0.5) is 0 Å². The Hall–Kier alpha value is -2.08. The summed E-state index contributed by atoms with van der Waals surface area (Å²) in [5, 5.41) is 3.46. The van der Waals surface area contributed by atoms with Crippen molar-refractivity contribution in [3.05, 3.63) is 35.9 Å². The van der Waals surface area contributed by atoms with Crippen molar-refractivity contribution in [2.45, 2.75) is 31.8 Å². The molecule has 0 bridgehead atoms. The highest BCUT2D eigenvalue weighted by Crippen LogP contribution is 2.16. The van der Waals surface area contributed by atoms with Crippen LogP contribution in [0.1, 0.15) is 24.8 Å². The number of aryl methyl sites for hydroxylation is 1. The van der Waals surface area contributed by atoms with E-state index in [-0.39, 0.29) is 12.0 Å². The molecule has 2 aliphatic rings. The lowest BCUT2D eigenvalue weighted by Gasteiger charge is -2.37. The molecule has 0 aliphatic carbocycles. The van der Waals surface area contributed by atoms with Crippen molar-refractivity contribution >= 4 is 11.9 Å². The first-order chi connectivity index (χ1) is 12.8. The Morgan fingerprint density at radius 1 is 1.19 bits per heavy atom. The Balaban J connectivity index is 1.38. The van der Waals surface area contributed by atoms with Crippen LogP contribution in [0.2, 0.25) is 0 Å². The highest BCUT2D eigenvalue weighted by molar-refractivity contribution is 5.82. The summed E-state index contributed by atoms with van der Waals surface area (Å²) in [6.07, 6.45) is 3.78. The molecular weight excluding hydrogens is 328 g/mol. The summed E-state index contributed by atoms with van der Waals surface area (Å²) in [5.41, 5.74) is 1.37. The summed E-state index contributed by atoms with van der Waals surface area (Å²) in [4.78, 5) is 21.0. The van der Waals surface area contributed by atoms with Gasteiger partial charge in [-0.3, -0.25) is 9.79 Å². The van der Waals surface area contributed by atoms with Crippen molar-refractivity contribution in [1.82, 2.24) is 15.1 Å². The predicted octanol–water partition coefficient (Wildman–Crippen LogP) is 1.52. The number of nitrogens with one attached hydrogen (secondary N) is 1. The van der Waals surface area contributed by atoms with Crippen LogP contribution in [-0.2, 0) is 16.0 Å². The number of benzene rings is 1. The fourth-order valence-electron chi connectivity index (χ4n) is 3.58. The molecule has 1 amide bonds. The molecule has 2 heterocycles. The molecule has 1 aromatic rings. The first-order valence-electron chi connectivity index (χ1n) is 9.68. The lowest BCUT2D eigenvalue weighted by molar-refractivity contribution is -0.142. The largest absolute Gasteiger partial charge is 0.368 e. The molecule has 0 radical (unpaired) electrons. The van der Waals surface area contributed by atoms with Gasteiger partial charge in [-0.05, 0) is 31.2 Å². The number of carbonyl (C=O) groups excluding carboxylic acids is 1. The van der Waals surface area contributed by atoms with E-state index in [4.69, 9.17) is 4.74 Å². The van der Waals surface area contributed by atoms with Gasteiger partial charge in [0.05, 0.1) is 0 Å². The molecule has 3 rings (SSSR count). The number of guanidine groups is 1. The van der Waals surface area contributed by atoms with Crippen LogP contribution >= 0.6 is 0 Å². The zero-order valence-corrected chi connectivity index (χ0v) is 15.7. The lowest BCUT2D eigenvalue weighted by Crippen LogP contribution is -2.55. The van der Waals surface area contributed by atoms with E-state index in [1.165, 1.54) is 5.56 Å². The van der Waals surface area contributed by atoms with E-state index in [2.05, 4.69) is 39.5 Å². The number of carbonyl (C=O) groups is 1. The number of nitrogens with zero attached hydrogens (tertiary/aromatic N) is 3. The average Bonchev–Trinajstić information content (AvgIpc) is 3.23. The van der Waals surface area contributed by atoms with E-state index >= 15 is 0 Å². The second-order valence-corrected chi connectivity index (χ2v) is 6.88. The highest BCUT2D eigenvalue weighted by Gasteiger charge is 2.30. The molecule has 1 aromatic carbocycles. The molecule has 1 unspecified atom stereocenters. The van der Waals surface area contributed by atoms with Crippen molar-refractivity contribution in [1.29, 1.82) is 0 Å². The SMILES string of the molecule is CN=C(NCCCc1ccccc1)N1CCN(C(=O)C2CCCO2)CC1. The van der Waals surface area contributed by atoms with Crippen LogP contribution in [0.3, 0.4) is 0 Å². The number of piperazine rings is 1. The summed E-state index contributed by atoms with van der Waals surface area (Å²) in [7, 11) is 1.82. The zero-order chi connectivity index (χ0) is 18.2. The minimum absolute atomic E-state index is 0.160. The quantitative estimate of drug-likeness (QED) is 0.493. The molecule has 2 fully saturated rings. The monoisotopic (exact) mass is 358 g/mol. The van der Waals surface area contributed by atoms with Crippen LogP contribution in [0.15, 0.2) is 35.3 Å². The van der Waals surface area contributed by atoms with Gasteiger partial charge >= 0.3 is 0 Å². The summed E-state index contributed by atoms with van der Waals surface area (Å²) in [6.45, 7) is 4.73. The normalized spacial score (nSPS) is 21.1. The zero-order valence-electron chi connectivity index (χ0n) is 15.7. The van der Waals surface area contributed by atoms with Crippen LogP contribution < -0.4 is 5.32 Å². The second kappa shape index (κ2) is 9.57. The van der Waals surface area contributed by atoms with Gasteiger partial charge in [0.1, 0.15) is 6.10 Å². The van der Waals surface area contributed by atoms with Gasteiger partial charge in [-0.1, -0.05) is 30.3 Å². The maximum Gasteiger partial charge on any atom is 0.251 e. The third kappa shape index (κ3) is 4.97. The first-order valence-corrected chi connectivity index (χ1v) is 9.68. The Morgan fingerprint density at radius 3 is 2.58 bits per heavy atom. The number of rotatable bonds is 5. The molecule has 2 saturated heterocycles. The van der Waals surface area contributed by atoms with Crippen molar-refractivity contribution in [2.75, 3.05) is 46.4 Å². The fourth-order valence-corrected chi connectivity index (χ4v) is 3.58. The summed E-state index contributed by atoms with van der Waals surface area (Å²) >= 11 is 0. The molecule has 1 atom stereocenters. The highest BCUT2D eigenvalue weighted by atomic mass is 16.5. The number of hydrogen-bond donors (Lipinski definition) is 1. The first kappa shape index (κ1) is 18.7. The third-order valence-electron chi connectivity index (χ3n) is 5.08. The molecule has 6 heteroatoms. The van der Waals surface area contributed by atoms with Crippen molar-refractivity contribution in [2.24, 2.45) is 4.99 Å². The summed E-state index contributed by atoms with van der Waals surface area (Å²) < 4.78 is 5.52. The van der Waals surface area contributed by atoms with Crippen molar-refractivity contribution in [3.8, 4) is 0 Å². The third-order valence-corrected chi connectivity index (χ3v) is 5.08. The molecule has 6 nitrogen and oxygen atoms in total. The van der Waals surface area contributed by atoms with Gasteiger partial charge in [0.15, 0.2) is 5.96 Å². The minimum atomic E-state index is -0.211. The summed E-state index contributed by atoms with van der Waals surface area (Å²) in [6, 6.07) is 10.5. The Labute approximate surface area is 156 Å². The smallest absolute Gasteiger partial charge is 0.251 e. The standard InChI is InChI=1S/C20H30N4O2/c1-21-20(22-11-5-9-17-7-3-2-4-8-17)24-14-12-23(13-15-24)19(25)18-10-6-16-26-18/h2-4,7-8,18H,5-6,9-16H2,1H3,(H,21,22). The molecule has 26 heavy (non-hydrogen) atoms.